The molecule has 96 heavy (non-hydrogen) atoms. The number of carboxylic acids is 1. The van der Waals surface area contributed by atoms with Gasteiger partial charge in [-0.3, -0.25) is 52.7 Å². The average Bonchev–Trinajstić information content (AvgIpc) is 0.826. The highest BCUT2D eigenvalue weighted by molar-refractivity contribution is 6.00. The summed E-state index contributed by atoms with van der Waals surface area (Å²) in [5, 5.41) is 32.8. The summed E-state index contributed by atoms with van der Waals surface area (Å²) < 4.78 is 0. The van der Waals surface area contributed by atoms with E-state index < -0.39 is 162 Å². The number of H-pyrrole nitrogens is 1. The van der Waals surface area contributed by atoms with Crippen molar-refractivity contribution >= 4 is 88.1 Å². The summed E-state index contributed by atoms with van der Waals surface area (Å²) in [5.41, 5.74) is 1.63. The number of fused-ring (bicyclic) bond motifs is 1. The Morgan fingerprint density at radius 2 is 1.01 bits per heavy atom. The van der Waals surface area contributed by atoms with Crippen molar-refractivity contribution in [3.05, 3.63) is 35.7 Å². The third-order valence-electron chi connectivity index (χ3n) is 17.8. The van der Waals surface area contributed by atoms with Crippen molar-refractivity contribution in [3.8, 4) is 0 Å². The second kappa shape index (κ2) is 36.4. The predicted molar refractivity (Wildman–Crippen MR) is 365 cm³/mol. The molecule has 7 N–H and O–H groups in total. The van der Waals surface area contributed by atoms with Gasteiger partial charge in [-0.25, -0.2) is 9.78 Å². The number of benzene rings is 1. The minimum Gasteiger partial charge on any atom is -0.478 e. The van der Waals surface area contributed by atoms with E-state index in [0.717, 1.165) is 15.9 Å². The molecule has 0 bridgehead atoms. The van der Waals surface area contributed by atoms with Gasteiger partial charge in [0.15, 0.2) is 0 Å². The molecule has 2 aromatic rings. The van der Waals surface area contributed by atoms with Crippen LogP contribution in [0, 0.1) is 41.4 Å². The van der Waals surface area contributed by atoms with Gasteiger partial charge >= 0.3 is 5.97 Å². The van der Waals surface area contributed by atoms with Crippen LogP contribution in [0.15, 0.2) is 24.3 Å². The molecule has 1 aromatic heterocycles. The van der Waals surface area contributed by atoms with Crippen molar-refractivity contribution < 1.29 is 67.7 Å². The van der Waals surface area contributed by atoms with Gasteiger partial charge in [0.2, 0.25) is 65.0 Å². The molecule has 12 atom stereocenters. The first kappa shape index (κ1) is 82.3. The number of aromatic nitrogens is 2. The first-order valence-corrected chi connectivity index (χ1v) is 33.6. The standard InChI is InChI=1S/C69H113N13O14/c1-24-46-65(92)76(17)35-54(83)77(18)49(29-36(2)3)62(89)75-56(40(10)11)68(95)78(19)50(30-37(4)5)61(88)70-43(15)60(87)71-44(16)64(91)79(20)51(31-38(6)7)66(93)80(21)52(32-39(8)9)67(94)81(22)57(41(12)13)69(96)82(23)58(63(90)74-46)59(86)42(14)33-53-72-47-27-25-45(26-28-55(84)85)34-48(47)73-53/h25-28,34,36-44,46,49-52,56-59,86H,24,29-33,35H2,1-23H3,(H,70,88)(H,71,87)(H,72,73)(H,74,90)(H,75,89)(H,84,85)/b28-26+/t42-,43+,44-,46+,49+,50+,51+,52+,56+,57+,58+,59-/m1/s1. The van der Waals surface area contributed by atoms with Gasteiger partial charge in [-0.1, -0.05) is 103 Å². The Morgan fingerprint density at radius 1 is 0.542 bits per heavy atom. The lowest BCUT2D eigenvalue weighted by Gasteiger charge is -2.41. The Labute approximate surface area is 568 Å². The normalized spacial score (nSPS) is 25.2. The van der Waals surface area contributed by atoms with Gasteiger partial charge in [0.1, 0.15) is 66.2 Å². The summed E-state index contributed by atoms with van der Waals surface area (Å²) in [6, 6.07) is -7.84. The van der Waals surface area contributed by atoms with E-state index in [1.165, 1.54) is 93.8 Å². The smallest absolute Gasteiger partial charge is 0.328 e. The number of aromatic amines is 1. The minimum absolute atomic E-state index is 0.00358. The molecule has 11 amide bonds. The zero-order valence-corrected chi connectivity index (χ0v) is 61.1. The van der Waals surface area contributed by atoms with E-state index in [1.54, 1.807) is 59.7 Å². The van der Waals surface area contributed by atoms with Crippen molar-refractivity contribution in [3.63, 3.8) is 0 Å². The fourth-order valence-electron chi connectivity index (χ4n) is 12.1. The zero-order valence-electron chi connectivity index (χ0n) is 61.1. The van der Waals surface area contributed by atoms with E-state index in [4.69, 9.17) is 0 Å². The van der Waals surface area contributed by atoms with E-state index in [1.807, 2.05) is 55.4 Å². The predicted octanol–water partition coefficient (Wildman–Crippen LogP) is 3.52. The number of nitrogens with zero attached hydrogens (tertiary/aromatic N) is 8. The maximum absolute atomic E-state index is 15.5. The molecule has 1 aliphatic rings. The van der Waals surface area contributed by atoms with Crippen molar-refractivity contribution in [2.24, 2.45) is 41.4 Å². The monoisotopic (exact) mass is 1350 g/mol. The lowest BCUT2D eigenvalue weighted by atomic mass is 9.91. The molecule has 2 heterocycles. The van der Waals surface area contributed by atoms with Crippen LogP contribution in [-0.4, -0.2) is 248 Å². The second-order valence-corrected chi connectivity index (χ2v) is 28.6. The summed E-state index contributed by atoms with van der Waals surface area (Å²) in [6.45, 7) is 27.1. The molecule has 0 spiro atoms. The van der Waals surface area contributed by atoms with E-state index >= 15 is 19.2 Å². The molecule has 538 valence electrons. The molecule has 1 aromatic carbocycles. The highest BCUT2D eigenvalue weighted by Crippen LogP contribution is 2.27. The van der Waals surface area contributed by atoms with Crippen molar-refractivity contribution in [1.29, 1.82) is 0 Å². The lowest BCUT2D eigenvalue weighted by Crippen LogP contribution is -2.63. The number of aliphatic hydroxyl groups is 1. The third kappa shape index (κ3) is 22.0. The second-order valence-electron chi connectivity index (χ2n) is 28.6. The average molecular weight is 1350 g/mol. The summed E-state index contributed by atoms with van der Waals surface area (Å²) >= 11 is 0. The Bertz CT molecular complexity index is 3110. The van der Waals surface area contributed by atoms with E-state index in [-0.39, 0.29) is 62.2 Å². The van der Waals surface area contributed by atoms with E-state index in [2.05, 4.69) is 31.2 Å². The van der Waals surface area contributed by atoms with Gasteiger partial charge in [-0.05, 0) is 111 Å². The Morgan fingerprint density at radius 3 is 1.51 bits per heavy atom. The van der Waals surface area contributed by atoms with Gasteiger partial charge in [0.05, 0.1) is 23.7 Å². The summed E-state index contributed by atoms with van der Waals surface area (Å²) in [6.07, 6.45) is 1.15. The topological polar surface area (TPSA) is 345 Å². The number of carbonyl (C=O) groups excluding carboxylic acids is 11. The molecule has 27 nitrogen and oxygen atoms in total. The van der Waals surface area contributed by atoms with E-state index in [9.17, 15) is 48.6 Å². The molecular weight excluding hydrogens is 1230 g/mol. The maximum Gasteiger partial charge on any atom is 0.328 e. The fourth-order valence-corrected chi connectivity index (χ4v) is 12.1. The molecule has 1 fully saturated rings. The van der Waals surface area contributed by atoms with Gasteiger partial charge in [-0.2, -0.15) is 0 Å². The van der Waals surface area contributed by atoms with Crippen LogP contribution in [-0.2, 0) is 64.0 Å². The largest absolute Gasteiger partial charge is 0.478 e. The maximum atomic E-state index is 15.5. The lowest BCUT2D eigenvalue weighted by molar-refractivity contribution is -0.157. The number of aliphatic carboxylic acids is 1. The number of hydrogen-bond acceptors (Lipinski definition) is 14. The van der Waals surface area contributed by atoms with Crippen LogP contribution in [0.4, 0.5) is 0 Å². The summed E-state index contributed by atoms with van der Waals surface area (Å²) in [7, 11) is 9.75. The van der Waals surface area contributed by atoms with Gasteiger partial charge in [0, 0.05) is 61.8 Å². The number of nitrogens with one attached hydrogen (secondary N) is 5. The van der Waals surface area contributed by atoms with Gasteiger partial charge < -0.3 is 70.8 Å². The van der Waals surface area contributed by atoms with Crippen LogP contribution in [0.3, 0.4) is 0 Å². The molecule has 1 aliphatic heterocycles. The van der Waals surface area contributed by atoms with E-state index in [0.29, 0.717) is 22.4 Å². The summed E-state index contributed by atoms with van der Waals surface area (Å²) in [4.78, 5) is 189. The van der Waals surface area contributed by atoms with Crippen molar-refractivity contribution in [2.45, 2.75) is 216 Å². The highest BCUT2D eigenvalue weighted by atomic mass is 16.4. The number of hydrogen-bond donors (Lipinski definition) is 7. The third-order valence-corrected chi connectivity index (χ3v) is 17.8. The van der Waals surface area contributed by atoms with Crippen LogP contribution >= 0.6 is 0 Å². The van der Waals surface area contributed by atoms with Crippen LogP contribution in [0.5, 0.6) is 0 Å². The quantitative estimate of drug-likeness (QED) is 0.111. The number of amides is 11. The SMILES string of the molecule is CC[C@@H]1NC(=O)[C@H]([C@H](O)[C@H](C)Cc2nc3cc(/C=C/C(=O)O)ccc3[nH]2)N(C)C(=O)[C@H](C(C)C)N(C)C(=O)[C@H](CC(C)C)N(C)C(=O)[C@H](CC(C)C)N(C)C(=O)[C@@H](C)NC(=O)[C@H](C)NC(=O)[C@H](CC(C)C)N(C)C(=O)[C@H](C(C)C)NC(=O)[C@H](CC(C)C)N(C)C(=O)CN(C)C1=O. The molecule has 0 aliphatic carbocycles. The van der Waals surface area contributed by atoms with Crippen molar-refractivity contribution in [2.75, 3.05) is 55.9 Å². The number of carboxylic acid groups (broad SMARTS) is 1. The number of imidazole rings is 1. The number of likely N-dealkylation sites (N-methyl/N-ethyl adjacent to an activating group) is 7. The van der Waals surface area contributed by atoms with Crippen LogP contribution in [0.1, 0.15) is 154 Å². The molecule has 1 saturated heterocycles. The first-order valence-electron chi connectivity index (χ1n) is 33.6. The molecule has 0 unspecified atom stereocenters. The van der Waals surface area contributed by atoms with Crippen LogP contribution in [0.25, 0.3) is 17.1 Å². The van der Waals surface area contributed by atoms with Gasteiger partial charge in [0.25, 0.3) is 0 Å². The first-order chi connectivity index (χ1) is 44.5. The van der Waals surface area contributed by atoms with Crippen LogP contribution in [0.2, 0.25) is 0 Å². The highest BCUT2D eigenvalue weighted by Gasteiger charge is 2.46. The number of aliphatic hydroxyl groups excluding tert-OH is 1. The Balaban J connectivity index is 2.33. The molecule has 27 heteroatoms. The van der Waals surface area contributed by atoms with Crippen LogP contribution < -0.4 is 21.3 Å². The van der Waals surface area contributed by atoms with Crippen molar-refractivity contribution in [1.82, 2.24) is 65.5 Å². The molecule has 0 radical (unpaired) electrons. The Kier molecular flexibility index (Phi) is 31.2. The Hall–Kier alpha value is -7.97. The zero-order chi connectivity index (χ0) is 73.4. The van der Waals surface area contributed by atoms with Gasteiger partial charge in [-0.15, -0.1) is 0 Å². The molecular formula is C69H113N13O14. The molecule has 3 rings (SSSR count). The minimum atomic E-state index is -1.77. The number of rotatable bonds is 17. The molecule has 0 saturated carbocycles. The summed E-state index contributed by atoms with van der Waals surface area (Å²) in [5.74, 6) is -11.4. The fraction of sp³-hybridized carbons (Fsp3) is 0.696. The number of carbonyl (C=O) groups is 12.